The molecule has 3 rings (SSSR count). The summed E-state index contributed by atoms with van der Waals surface area (Å²) >= 11 is 0. The van der Waals surface area contributed by atoms with E-state index in [1.54, 1.807) is 11.1 Å². The number of rotatable bonds is 6. The van der Waals surface area contributed by atoms with Crippen LogP contribution < -0.4 is 4.90 Å². The van der Waals surface area contributed by atoms with E-state index in [2.05, 4.69) is 11.9 Å². The van der Waals surface area contributed by atoms with Gasteiger partial charge in [0.15, 0.2) is 0 Å². The molecule has 1 unspecified atom stereocenters. The van der Waals surface area contributed by atoms with Crippen molar-refractivity contribution in [2.75, 3.05) is 18.0 Å². The number of amides is 2. The van der Waals surface area contributed by atoms with Gasteiger partial charge in [-0.15, -0.1) is 0 Å². The highest BCUT2D eigenvalue weighted by Crippen LogP contribution is 2.33. The van der Waals surface area contributed by atoms with Gasteiger partial charge in [0.1, 0.15) is 11.4 Å². The molecule has 2 amide bonds. The zero-order valence-electron chi connectivity index (χ0n) is 19.0. The lowest BCUT2D eigenvalue weighted by Crippen LogP contribution is -2.38. The Morgan fingerprint density at radius 1 is 1.16 bits per heavy atom. The monoisotopic (exact) mass is 423 g/mol. The van der Waals surface area contributed by atoms with Crippen molar-refractivity contribution in [3.63, 3.8) is 0 Å². The van der Waals surface area contributed by atoms with Crippen LogP contribution in [0.4, 0.5) is 10.6 Å². The van der Waals surface area contributed by atoms with Gasteiger partial charge in [-0.25, -0.2) is 9.78 Å². The number of hydrogen-bond donors (Lipinski definition) is 0. The van der Waals surface area contributed by atoms with E-state index in [1.807, 2.05) is 68.1 Å². The van der Waals surface area contributed by atoms with Gasteiger partial charge in [0, 0.05) is 24.8 Å². The Morgan fingerprint density at radius 2 is 1.90 bits per heavy atom. The van der Waals surface area contributed by atoms with Gasteiger partial charge in [0.2, 0.25) is 0 Å². The zero-order chi connectivity index (χ0) is 22.4. The molecule has 0 aliphatic carbocycles. The van der Waals surface area contributed by atoms with E-state index in [1.165, 1.54) is 0 Å². The summed E-state index contributed by atoms with van der Waals surface area (Å²) in [5.74, 6) is 0.621. The molecule has 1 aromatic heterocycles. The fraction of sp³-hybridized carbons (Fsp3) is 0.480. The van der Waals surface area contributed by atoms with E-state index < -0.39 is 5.60 Å². The van der Waals surface area contributed by atoms with Crippen LogP contribution in [-0.4, -0.2) is 40.6 Å². The summed E-state index contributed by atoms with van der Waals surface area (Å²) in [6.07, 6.45) is 5.11. The van der Waals surface area contributed by atoms with E-state index in [-0.39, 0.29) is 18.0 Å². The van der Waals surface area contributed by atoms with Crippen molar-refractivity contribution in [2.24, 2.45) is 0 Å². The average molecular weight is 424 g/mol. The summed E-state index contributed by atoms with van der Waals surface area (Å²) < 4.78 is 5.57. The van der Waals surface area contributed by atoms with Gasteiger partial charge < -0.3 is 9.64 Å². The first-order valence-electron chi connectivity index (χ1n) is 11.1. The molecule has 1 aromatic carbocycles. The summed E-state index contributed by atoms with van der Waals surface area (Å²) in [5.41, 5.74) is 1.13. The summed E-state index contributed by atoms with van der Waals surface area (Å²) in [4.78, 5) is 33.8. The van der Waals surface area contributed by atoms with Crippen molar-refractivity contribution >= 4 is 17.8 Å². The molecule has 6 heteroatoms. The van der Waals surface area contributed by atoms with Gasteiger partial charge in [-0.05, 0) is 63.8 Å². The number of aromatic nitrogens is 1. The predicted molar refractivity (Wildman–Crippen MR) is 122 cm³/mol. The molecule has 0 N–H and O–H groups in total. The lowest BCUT2D eigenvalue weighted by molar-refractivity contribution is 0.0578. The largest absolute Gasteiger partial charge is 0.443 e. The van der Waals surface area contributed by atoms with Crippen molar-refractivity contribution in [3.05, 3.63) is 59.8 Å². The highest BCUT2D eigenvalue weighted by atomic mass is 16.6. The van der Waals surface area contributed by atoms with Gasteiger partial charge in [-0.2, -0.15) is 0 Å². The average Bonchev–Trinajstić information content (AvgIpc) is 3.23. The zero-order valence-corrected chi connectivity index (χ0v) is 19.0. The maximum absolute atomic E-state index is 13.0. The fourth-order valence-electron chi connectivity index (χ4n) is 3.79. The number of carbonyl (C=O) groups excluding carboxylic acids is 2. The van der Waals surface area contributed by atoms with Crippen LogP contribution in [0.2, 0.25) is 0 Å². The van der Waals surface area contributed by atoms with Crippen LogP contribution in [0.1, 0.15) is 75.3 Å². The van der Waals surface area contributed by atoms with Gasteiger partial charge >= 0.3 is 6.09 Å². The molecule has 1 atom stereocenters. The van der Waals surface area contributed by atoms with Crippen LogP contribution in [0.5, 0.6) is 0 Å². The van der Waals surface area contributed by atoms with Crippen LogP contribution >= 0.6 is 0 Å². The van der Waals surface area contributed by atoms with E-state index in [0.29, 0.717) is 17.9 Å². The summed E-state index contributed by atoms with van der Waals surface area (Å²) in [6, 6.07) is 13.2. The number of benzene rings is 1. The third-order valence-corrected chi connectivity index (χ3v) is 5.32. The Kier molecular flexibility index (Phi) is 7.31. The Morgan fingerprint density at radius 3 is 2.52 bits per heavy atom. The molecule has 0 radical (unpaired) electrons. The smallest absolute Gasteiger partial charge is 0.416 e. The lowest BCUT2D eigenvalue weighted by atomic mass is 10.1. The molecule has 1 aliphatic heterocycles. The van der Waals surface area contributed by atoms with Crippen LogP contribution in [0.15, 0.2) is 48.7 Å². The molecule has 1 fully saturated rings. The second kappa shape index (κ2) is 9.94. The first-order chi connectivity index (χ1) is 14.8. The number of ether oxygens (including phenoxy) is 1. The van der Waals surface area contributed by atoms with Crippen LogP contribution in [0.25, 0.3) is 0 Å². The van der Waals surface area contributed by atoms with E-state index in [4.69, 9.17) is 4.74 Å². The third-order valence-electron chi connectivity index (χ3n) is 5.32. The van der Waals surface area contributed by atoms with Crippen molar-refractivity contribution in [1.29, 1.82) is 0 Å². The van der Waals surface area contributed by atoms with Gasteiger partial charge in [0.05, 0.1) is 6.04 Å². The number of hydrogen-bond acceptors (Lipinski definition) is 4. The number of carbonyl (C=O) groups is 2. The second-order valence-electron chi connectivity index (χ2n) is 8.96. The minimum atomic E-state index is -0.566. The van der Waals surface area contributed by atoms with E-state index >= 15 is 0 Å². The summed E-state index contributed by atoms with van der Waals surface area (Å²) in [7, 11) is 0. The Hall–Kier alpha value is -2.89. The molecule has 6 nitrogen and oxygen atoms in total. The third kappa shape index (κ3) is 5.84. The van der Waals surface area contributed by atoms with E-state index in [0.717, 1.165) is 37.8 Å². The quantitative estimate of drug-likeness (QED) is 0.607. The first-order valence-corrected chi connectivity index (χ1v) is 11.1. The van der Waals surface area contributed by atoms with Crippen molar-refractivity contribution in [1.82, 2.24) is 9.88 Å². The highest BCUT2D eigenvalue weighted by molar-refractivity contribution is 5.94. The van der Waals surface area contributed by atoms with Crippen molar-refractivity contribution in [2.45, 2.75) is 65.0 Å². The Labute approximate surface area is 185 Å². The van der Waals surface area contributed by atoms with Gasteiger partial charge in [0.25, 0.3) is 5.91 Å². The number of nitrogens with zero attached hydrogens (tertiary/aromatic N) is 3. The highest BCUT2D eigenvalue weighted by Gasteiger charge is 2.31. The van der Waals surface area contributed by atoms with Crippen molar-refractivity contribution in [3.8, 4) is 0 Å². The normalized spacial score (nSPS) is 16.3. The number of pyridine rings is 1. The lowest BCUT2D eigenvalue weighted by Gasteiger charge is -2.28. The summed E-state index contributed by atoms with van der Waals surface area (Å²) in [5, 5.41) is 0. The minimum absolute atomic E-state index is 0.000116. The predicted octanol–water partition coefficient (Wildman–Crippen LogP) is 5.60. The van der Waals surface area contributed by atoms with E-state index in [9.17, 15) is 9.59 Å². The number of unbranched alkanes of at least 4 members (excludes halogenated alkanes) is 1. The SMILES string of the molecule is CCCCN(C(=O)OC(C)(C)C)c1ccc(C2CCCN2C(=O)c2ccccc2)cn1. The minimum Gasteiger partial charge on any atom is -0.443 e. The summed E-state index contributed by atoms with van der Waals surface area (Å²) in [6.45, 7) is 8.95. The molecule has 0 bridgehead atoms. The number of likely N-dealkylation sites (tertiary alicyclic amines) is 1. The maximum Gasteiger partial charge on any atom is 0.416 e. The van der Waals surface area contributed by atoms with Gasteiger partial charge in [-0.3, -0.25) is 9.69 Å². The van der Waals surface area contributed by atoms with Crippen LogP contribution in [0, 0.1) is 0 Å². The standard InChI is InChI=1S/C25H33N3O3/c1-5-6-16-28(24(30)31-25(2,3)4)22-15-14-20(18-26-22)21-13-10-17-27(21)23(29)19-11-8-7-9-12-19/h7-9,11-12,14-15,18,21H,5-6,10,13,16-17H2,1-4H3. The second-order valence-corrected chi connectivity index (χ2v) is 8.96. The molecular weight excluding hydrogens is 390 g/mol. The molecule has 2 aromatic rings. The fourth-order valence-corrected chi connectivity index (χ4v) is 3.79. The maximum atomic E-state index is 13.0. The molecule has 2 heterocycles. The molecule has 166 valence electrons. The topological polar surface area (TPSA) is 62.7 Å². The number of anilines is 1. The molecule has 0 saturated carbocycles. The molecule has 1 aliphatic rings. The van der Waals surface area contributed by atoms with Crippen molar-refractivity contribution < 1.29 is 14.3 Å². The van der Waals surface area contributed by atoms with Crippen LogP contribution in [0.3, 0.4) is 0 Å². The molecule has 0 spiro atoms. The molecule has 1 saturated heterocycles. The molecular formula is C25H33N3O3. The Balaban J connectivity index is 1.78. The van der Waals surface area contributed by atoms with Crippen LogP contribution in [-0.2, 0) is 4.74 Å². The molecule has 31 heavy (non-hydrogen) atoms. The Bertz CT molecular complexity index is 875. The first kappa shape index (κ1) is 22.8. The van der Waals surface area contributed by atoms with Gasteiger partial charge in [-0.1, -0.05) is 37.6 Å².